The van der Waals surface area contributed by atoms with E-state index in [1.165, 1.54) is 18.4 Å². The molecule has 0 amide bonds. The van der Waals surface area contributed by atoms with E-state index in [9.17, 15) is 0 Å². The summed E-state index contributed by atoms with van der Waals surface area (Å²) in [6, 6.07) is 0. The van der Waals surface area contributed by atoms with Crippen LogP contribution < -0.4 is 0 Å². The number of ether oxygens (including phenoxy) is 1. The van der Waals surface area contributed by atoms with Crippen molar-refractivity contribution in [2.24, 2.45) is 10.8 Å². The van der Waals surface area contributed by atoms with Crippen molar-refractivity contribution >= 4 is 0 Å². The van der Waals surface area contributed by atoms with Crippen molar-refractivity contribution in [3.05, 3.63) is 17.9 Å². The molecule has 0 spiro atoms. The van der Waals surface area contributed by atoms with Crippen molar-refractivity contribution in [2.75, 3.05) is 7.11 Å². The quantitative estimate of drug-likeness (QED) is 0.627. The summed E-state index contributed by atoms with van der Waals surface area (Å²) >= 11 is 0. The molecule has 0 radical (unpaired) electrons. The van der Waals surface area contributed by atoms with Crippen LogP contribution in [0, 0.1) is 10.8 Å². The Labute approximate surface area is 107 Å². The lowest BCUT2D eigenvalue weighted by atomic mass is 9.83. The lowest BCUT2D eigenvalue weighted by Gasteiger charge is -2.23. The Morgan fingerprint density at radius 2 is 1.88 bits per heavy atom. The standard InChI is InChI=1S/C16H28O/c1-8-13(14(2,3)4)10-9-11-16(17-7)12-15(16,5)6/h1,9-12H2,2-7H3. The molecule has 0 aromatic rings. The molecule has 1 heteroatoms. The van der Waals surface area contributed by atoms with Gasteiger partial charge in [-0.05, 0) is 42.1 Å². The highest BCUT2D eigenvalue weighted by atomic mass is 16.5. The molecule has 1 atom stereocenters. The number of hydrogen-bond donors (Lipinski definition) is 0. The van der Waals surface area contributed by atoms with Gasteiger partial charge in [0.05, 0.1) is 5.60 Å². The summed E-state index contributed by atoms with van der Waals surface area (Å²) in [6.07, 6.45) is 4.61. The van der Waals surface area contributed by atoms with E-state index in [-0.39, 0.29) is 11.0 Å². The first-order valence-electron chi connectivity index (χ1n) is 6.63. The van der Waals surface area contributed by atoms with E-state index >= 15 is 0 Å². The van der Waals surface area contributed by atoms with Crippen molar-refractivity contribution in [3.8, 4) is 0 Å². The summed E-state index contributed by atoms with van der Waals surface area (Å²) < 4.78 is 5.72. The first-order valence-corrected chi connectivity index (χ1v) is 6.63. The number of hydrogen-bond acceptors (Lipinski definition) is 1. The second kappa shape index (κ2) is 4.63. The average molecular weight is 236 g/mol. The van der Waals surface area contributed by atoms with Crippen molar-refractivity contribution in [2.45, 2.75) is 65.9 Å². The van der Waals surface area contributed by atoms with Gasteiger partial charge in [-0.15, -0.1) is 5.73 Å². The average Bonchev–Trinajstić information content (AvgIpc) is 2.74. The predicted molar refractivity (Wildman–Crippen MR) is 74.1 cm³/mol. The molecule has 0 heterocycles. The minimum Gasteiger partial charge on any atom is -0.378 e. The minimum atomic E-state index is 0.136. The van der Waals surface area contributed by atoms with Gasteiger partial charge in [-0.3, -0.25) is 0 Å². The molecule has 0 N–H and O–H groups in total. The van der Waals surface area contributed by atoms with Gasteiger partial charge in [-0.1, -0.05) is 41.2 Å². The third-order valence-electron chi connectivity index (χ3n) is 4.35. The Balaban J connectivity index is 2.47. The van der Waals surface area contributed by atoms with Crippen LogP contribution in [0.3, 0.4) is 0 Å². The normalized spacial score (nSPS) is 26.5. The molecule has 1 rings (SSSR count). The predicted octanol–water partition coefficient (Wildman–Crippen LogP) is 4.73. The zero-order valence-electron chi connectivity index (χ0n) is 12.4. The van der Waals surface area contributed by atoms with Crippen LogP contribution in [0.2, 0.25) is 0 Å². The first kappa shape index (κ1) is 14.5. The van der Waals surface area contributed by atoms with Gasteiger partial charge in [0.15, 0.2) is 0 Å². The van der Waals surface area contributed by atoms with E-state index in [1.807, 2.05) is 7.11 Å². The monoisotopic (exact) mass is 236 g/mol. The van der Waals surface area contributed by atoms with Gasteiger partial charge in [0.1, 0.15) is 0 Å². The van der Waals surface area contributed by atoms with Gasteiger partial charge in [-0.2, -0.15) is 0 Å². The van der Waals surface area contributed by atoms with Crippen LogP contribution in [0.25, 0.3) is 0 Å². The molecular formula is C16H28O. The molecule has 0 aromatic carbocycles. The zero-order chi connectivity index (χ0) is 13.3. The van der Waals surface area contributed by atoms with Gasteiger partial charge in [-0.25, -0.2) is 0 Å². The Hall–Kier alpha value is -0.520. The molecule has 1 saturated carbocycles. The van der Waals surface area contributed by atoms with Gasteiger partial charge in [0.25, 0.3) is 0 Å². The molecule has 1 nitrogen and oxygen atoms in total. The molecule has 0 bridgehead atoms. The fourth-order valence-electron chi connectivity index (χ4n) is 2.83. The van der Waals surface area contributed by atoms with Crippen molar-refractivity contribution in [3.63, 3.8) is 0 Å². The van der Waals surface area contributed by atoms with E-state index in [0.717, 1.165) is 12.8 Å². The second-order valence-corrected chi connectivity index (χ2v) is 7.02. The summed E-state index contributed by atoms with van der Waals surface area (Å²) in [5, 5.41) is 0. The lowest BCUT2D eigenvalue weighted by molar-refractivity contribution is 0.0398. The van der Waals surface area contributed by atoms with E-state index in [2.05, 4.69) is 46.9 Å². The molecule has 1 aliphatic rings. The lowest BCUT2D eigenvalue weighted by Crippen LogP contribution is -2.19. The van der Waals surface area contributed by atoms with Gasteiger partial charge >= 0.3 is 0 Å². The Bertz CT molecular complexity index is 326. The number of rotatable bonds is 5. The fraction of sp³-hybridized carbons (Fsp3) is 0.812. The summed E-state index contributed by atoms with van der Waals surface area (Å²) in [5.41, 5.74) is 5.14. The highest BCUT2D eigenvalue weighted by Crippen LogP contribution is 2.60. The summed E-state index contributed by atoms with van der Waals surface area (Å²) in [4.78, 5) is 0. The largest absolute Gasteiger partial charge is 0.378 e. The first-order chi connectivity index (χ1) is 7.68. The van der Waals surface area contributed by atoms with E-state index < -0.39 is 0 Å². The van der Waals surface area contributed by atoms with Crippen LogP contribution >= 0.6 is 0 Å². The SMILES string of the molecule is C=C=C(CCCC1(OC)CC1(C)C)C(C)(C)C. The number of methoxy groups -OCH3 is 1. The third-order valence-corrected chi connectivity index (χ3v) is 4.35. The Morgan fingerprint density at radius 3 is 2.18 bits per heavy atom. The molecule has 0 aliphatic heterocycles. The highest BCUT2D eigenvalue weighted by molar-refractivity contribution is 5.14. The van der Waals surface area contributed by atoms with Crippen molar-refractivity contribution in [1.82, 2.24) is 0 Å². The van der Waals surface area contributed by atoms with Gasteiger partial charge in [0.2, 0.25) is 0 Å². The van der Waals surface area contributed by atoms with Crippen LogP contribution in [0.5, 0.6) is 0 Å². The minimum absolute atomic E-state index is 0.136. The maximum atomic E-state index is 5.72. The summed E-state index contributed by atoms with van der Waals surface area (Å²) in [6.45, 7) is 15.1. The zero-order valence-corrected chi connectivity index (χ0v) is 12.4. The molecular weight excluding hydrogens is 208 g/mol. The third kappa shape index (κ3) is 3.03. The fourth-order valence-corrected chi connectivity index (χ4v) is 2.83. The molecule has 1 aliphatic carbocycles. The van der Waals surface area contributed by atoms with E-state index in [0.29, 0.717) is 5.41 Å². The Morgan fingerprint density at radius 1 is 1.35 bits per heavy atom. The van der Waals surface area contributed by atoms with Crippen molar-refractivity contribution in [1.29, 1.82) is 0 Å². The van der Waals surface area contributed by atoms with E-state index in [4.69, 9.17) is 4.74 Å². The molecule has 1 fully saturated rings. The summed E-state index contributed by atoms with van der Waals surface area (Å²) in [5.74, 6) is 0. The Kier molecular flexibility index (Phi) is 3.96. The molecule has 1 unspecified atom stereocenters. The van der Waals surface area contributed by atoms with Crippen LogP contribution in [0.4, 0.5) is 0 Å². The molecule has 0 saturated heterocycles. The van der Waals surface area contributed by atoms with Crippen LogP contribution in [0.15, 0.2) is 17.9 Å². The topological polar surface area (TPSA) is 9.23 Å². The maximum absolute atomic E-state index is 5.72. The van der Waals surface area contributed by atoms with Crippen LogP contribution in [0.1, 0.15) is 60.3 Å². The van der Waals surface area contributed by atoms with Crippen LogP contribution in [-0.2, 0) is 4.74 Å². The highest BCUT2D eigenvalue weighted by Gasteiger charge is 2.61. The molecule has 0 aromatic heterocycles. The van der Waals surface area contributed by atoms with Crippen LogP contribution in [-0.4, -0.2) is 12.7 Å². The van der Waals surface area contributed by atoms with Gasteiger partial charge in [0, 0.05) is 7.11 Å². The number of allylic oxidation sites excluding steroid dienone is 1. The smallest absolute Gasteiger partial charge is 0.0736 e. The van der Waals surface area contributed by atoms with Crippen molar-refractivity contribution < 1.29 is 4.74 Å². The van der Waals surface area contributed by atoms with E-state index in [1.54, 1.807) is 0 Å². The second-order valence-electron chi connectivity index (χ2n) is 7.02. The maximum Gasteiger partial charge on any atom is 0.0736 e. The summed E-state index contributed by atoms with van der Waals surface area (Å²) in [7, 11) is 1.85. The van der Waals surface area contributed by atoms with Gasteiger partial charge < -0.3 is 4.74 Å². The molecule has 98 valence electrons. The molecule has 17 heavy (non-hydrogen) atoms.